The molecule has 1 aromatic rings. The van der Waals surface area contributed by atoms with E-state index in [2.05, 4.69) is 15.6 Å². The molecule has 1 aromatic heterocycles. The van der Waals surface area contributed by atoms with Gasteiger partial charge in [0.1, 0.15) is 23.8 Å². The SMILES string of the molecule is CC(C)(C)[C@H](NC(=O)[C@@H](NC(=O)c1ccccn1)C1CCCCC1)C(=O)N1C[C@H]2[C@@H]([C@H]1C(=O)O)C2(C)C. The van der Waals surface area contributed by atoms with Gasteiger partial charge in [-0.15, -0.1) is 0 Å². The van der Waals surface area contributed by atoms with Crippen LogP contribution < -0.4 is 10.6 Å². The second-order valence-corrected chi connectivity index (χ2v) is 12.6. The summed E-state index contributed by atoms with van der Waals surface area (Å²) < 4.78 is 0. The number of hydrogen-bond acceptors (Lipinski definition) is 5. The van der Waals surface area contributed by atoms with Gasteiger partial charge in [0.2, 0.25) is 11.8 Å². The molecule has 2 aliphatic carbocycles. The van der Waals surface area contributed by atoms with E-state index in [1.54, 1.807) is 18.2 Å². The first-order valence-electron chi connectivity index (χ1n) is 13.4. The van der Waals surface area contributed by atoms with Crippen LogP contribution in [0.1, 0.15) is 77.2 Å². The Morgan fingerprint density at radius 2 is 1.76 bits per heavy atom. The molecule has 0 radical (unpaired) electrons. The summed E-state index contributed by atoms with van der Waals surface area (Å²) in [4.78, 5) is 58.2. The smallest absolute Gasteiger partial charge is 0.326 e. The van der Waals surface area contributed by atoms with Crippen molar-refractivity contribution in [1.29, 1.82) is 0 Å². The summed E-state index contributed by atoms with van der Waals surface area (Å²) in [6, 6.07) is 2.39. The monoisotopic (exact) mass is 512 g/mol. The third kappa shape index (κ3) is 5.36. The second kappa shape index (κ2) is 10.1. The van der Waals surface area contributed by atoms with Crippen molar-refractivity contribution in [2.75, 3.05) is 6.54 Å². The number of carbonyl (C=O) groups is 4. The van der Waals surface area contributed by atoms with Gasteiger partial charge in [0.25, 0.3) is 5.91 Å². The lowest BCUT2D eigenvalue weighted by atomic mass is 9.82. The third-order valence-corrected chi connectivity index (χ3v) is 8.73. The van der Waals surface area contributed by atoms with E-state index in [-0.39, 0.29) is 34.8 Å². The molecule has 37 heavy (non-hydrogen) atoms. The number of nitrogens with one attached hydrogen (secondary N) is 2. The van der Waals surface area contributed by atoms with E-state index in [0.29, 0.717) is 6.54 Å². The minimum Gasteiger partial charge on any atom is -0.480 e. The van der Waals surface area contributed by atoms with Gasteiger partial charge >= 0.3 is 5.97 Å². The minimum absolute atomic E-state index is 0.0517. The lowest BCUT2D eigenvalue weighted by Crippen LogP contribution is -2.61. The van der Waals surface area contributed by atoms with Crippen LogP contribution in [-0.4, -0.2) is 63.4 Å². The number of nitrogens with zero attached hydrogens (tertiary/aromatic N) is 2. The van der Waals surface area contributed by atoms with Gasteiger partial charge in [-0.1, -0.05) is 59.9 Å². The molecule has 0 unspecified atom stereocenters. The lowest BCUT2D eigenvalue weighted by molar-refractivity contribution is -0.153. The van der Waals surface area contributed by atoms with E-state index in [4.69, 9.17) is 0 Å². The molecule has 3 fully saturated rings. The average molecular weight is 513 g/mol. The van der Waals surface area contributed by atoms with Crippen LogP contribution in [0.2, 0.25) is 0 Å². The number of hydrogen-bond donors (Lipinski definition) is 3. The van der Waals surface area contributed by atoms with E-state index in [1.807, 2.05) is 34.6 Å². The Bertz CT molecular complexity index is 1040. The summed E-state index contributed by atoms with van der Waals surface area (Å²) in [5, 5.41) is 15.8. The van der Waals surface area contributed by atoms with E-state index in [9.17, 15) is 24.3 Å². The summed E-state index contributed by atoms with van der Waals surface area (Å²) in [6.07, 6.45) is 6.18. The maximum absolute atomic E-state index is 13.8. The molecule has 9 nitrogen and oxygen atoms in total. The van der Waals surface area contributed by atoms with Crippen molar-refractivity contribution < 1.29 is 24.3 Å². The first-order valence-corrected chi connectivity index (χ1v) is 13.4. The predicted molar refractivity (Wildman–Crippen MR) is 137 cm³/mol. The zero-order valence-corrected chi connectivity index (χ0v) is 22.5. The molecule has 1 aliphatic heterocycles. The van der Waals surface area contributed by atoms with Crippen LogP contribution in [0.15, 0.2) is 24.4 Å². The van der Waals surface area contributed by atoms with Gasteiger partial charge in [0.05, 0.1) is 0 Å². The summed E-state index contributed by atoms with van der Waals surface area (Å²) in [6.45, 7) is 10.0. The fraction of sp³-hybridized carbons (Fsp3) is 0.679. The van der Waals surface area contributed by atoms with Crippen molar-refractivity contribution in [1.82, 2.24) is 20.5 Å². The molecule has 5 atom stereocenters. The lowest BCUT2D eigenvalue weighted by Gasteiger charge is -2.38. The molecule has 2 heterocycles. The molecule has 9 heteroatoms. The molecular formula is C28H40N4O5. The fourth-order valence-corrected chi connectivity index (χ4v) is 6.42. The molecule has 3 aliphatic rings. The summed E-state index contributed by atoms with van der Waals surface area (Å²) in [5.74, 6) is -2.23. The maximum atomic E-state index is 13.8. The molecule has 0 aromatic carbocycles. The molecular weight excluding hydrogens is 472 g/mol. The van der Waals surface area contributed by atoms with Crippen molar-refractivity contribution in [3.05, 3.63) is 30.1 Å². The van der Waals surface area contributed by atoms with Crippen LogP contribution in [0, 0.1) is 28.6 Å². The number of piperidine rings is 1. The van der Waals surface area contributed by atoms with Gasteiger partial charge in [-0.3, -0.25) is 19.4 Å². The van der Waals surface area contributed by atoms with Crippen LogP contribution in [-0.2, 0) is 14.4 Å². The highest BCUT2D eigenvalue weighted by Gasteiger charge is 2.70. The molecule has 1 saturated heterocycles. The van der Waals surface area contributed by atoms with Gasteiger partial charge in [-0.05, 0) is 47.6 Å². The summed E-state index contributed by atoms with van der Waals surface area (Å²) in [7, 11) is 0. The molecule has 2 saturated carbocycles. The normalized spacial score (nSPS) is 26.5. The van der Waals surface area contributed by atoms with Crippen LogP contribution >= 0.6 is 0 Å². The number of amides is 3. The molecule has 4 rings (SSSR count). The predicted octanol–water partition coefficient (Wildman–Crippen LogP) is 2.86. The van der Waals surface area contributed by atoms with E-state index < -0.39 is 41.3 Å². The maximum Gasteiger partial charge on any atom is 0.326 e. The highest BCUT2D eigenvalue weighted by atomic mass is 16.4. The quantitative estimate of drug-likeness (QED) is 0.515. The number of carboxylic acids is 1. The largest absolute Gasteiger partial charge is 0.480 e. The van der Waals surface area contributed by atoms with Gasteiger partial charge in [-0.25, -0.2) is 4.79 Å². The summed E-state index contributed by atoms with van der Waals surface area (Å²) in [5.41, 5.74) is -0.551. The Morgan fingerprint density at radius 1 is 1.08 bits per heavy atom. The molecule has 0 spiro atoms. The van der Waals surface area contributed by atoms with Crippen molar-refractivity contribution >= 4 is 23.7 Å². The number of aliphatic carboxylic acids is 1. The zero-order chi connectivity index (χ0) is 27.1. The van der Waals surface area contributed by atoms with Crippen molar-refractivity contribution in [3.63, 3.8) is 0 Å². The molecule has 202 valence electrons. The van der Waals surface area contributed by atoms with E-state index >= 15 is 0 Å². The van der Waals surface area contributed by atoms with Crippen molar-refractivity contribution in [3.8, 4) is 0 Å². The number of rotatable bonds is 7. The van der Waals surface area contributed by atoms with E-state index in [1.165, 1.54) is 11.1 Å². The zero-order valence-electron chi connectivity index (χ0n) is 22.5. The topological polar surface area (TPSA) is 129 Å². The number of aromatic nitrogens is 1. The highest BCUT2D eigenvalue weighted by Crippen LogP contribution is 2.65. The fourth-order valence-electron chi connectivity index (χ4n) is 6.42. The second-order valence-electron chi connectivity index (χ2n) is 12.6. The molecule has 3 amide bonds. The standard InChI is InChI=1S/C28H40N4O5/c1-27(2,3)22(25(35)32-15-17-19(28(17,4)5)21(32)26(36)37)31-24(34)20(16-11-7-6-8-12-16)30-23(33)18-13-9-10-14-29-18/h9-10,13-14,16-17,19-22H,6-8,11-12,15H2,1-5H3,(H,30,33)(H,31,34)(H,36,37)/t17-,19-,20-,21-,22+/m0/s1. The molecule has 0 bridgehead atoms. The van der Waals surface area contributed by atoms with Gasteiger partial charge in [0.15, 0.2) is 0 Å². The van der Waals surface area contributed by atoms with Gasteiger partial charge in [-0.2, -0.15) is 0 Å². The summed E-state index contributed by atoms with van der Waals surface area (Å²) >= 11 is 0. The van der Waals surface area contributed by atoms with Crippen LogP contribution in [0.5, 0.6) is 0 Å². The molecule has 3 N–H and O–H groups in total. The highest BCUT2D eigenvalue weighted by molar-refractivity contribution is 5.98. The van der Waals surface area contributed by atoms with Crippen molar-refractivity contribution in [2.45, 2.75) is 84.8 Å². The van der Waals surface area contributed by atoms with E-state index in [0.717, 1.165) is 32.1 Å². The Kier molecular flexibility index (Phi) is 7.36. The van der Waals surface area contributed by atoms with Crippen LogP contribution in [0.4, 0.5) is 0 Å². The average Bonchev–Trinajstić information content (AvgIpc) is 3.18. The Labute approximate surface area is 218 Å². The first kappa shape index (κ1) is 27.1. The minimum atomic E-state index is -1.01. The van der Waals surface area contributed by atoms with Crippen molar-refractivity contribution in [2.24, 2.45) is 28.6 Å². The van der Waals surface area contributed by atoms with Gasteiger partial charge < -0.3 is 20.6 Å². The number of likely N-dealkylation sites (tertiary alicyclic amines) is 1. The number of fused-ring (bicyclic) bond motifs is 1. The van der Waals surface area contributed by atoms with Gasteiger partial charge in [0, 0.05) is 18.7 Å². The Morgan fingerprint density at radius 3 is 2.32 bits per heavy atom. The number of pyridine rings is 1. The van der Waals surface area contributed by atoms with Crippen LogP contribution in [0.3, 0.4) is 0 Å². The first-order chi connectivity index (χ1) is 17.3. The Hall–Kier alpha value is -2.97. The number of carboxylic acid groups (broad SMARTS) is 1. The number of carbonyl (C=O) groups excluding carboxylic acids is 3. The Balaban J connectivity index is 1.55. The third-order valence-electron chi connectivity index (χ3n) is 8.73. The van der Waals surface area contributed by atoms with Crippen LogP contribution in [0.25, 0.3) is 0 Å².